The molecule has 1 atom stereocenters. The van der Waals surface area contributed by atoms with E-state index in [4.69, 9.17) is 4.74 Å². The number of sulfonamides is 1. The van der Waals surface area contributed by atoms with E-state index >= 15 is 0 Å². The highest BCUT2D eigenvalue weighted by molar-refractivity contribution is 7.93. The van der Waals surface area contributed by atoms with Crippen LogP contribution in [0, 0.1) is 11.6 Å². The second-order valence-electron chi connectivity index (χ2n) is 10.2. The van der Waals surface area contributed by atoms with Crippen LogP contribution in [0.15, 0.2) is 65.6 Å². The van der Waals surface area contributed by atoms with Crippen molar-refractivity contribution in [3.63, 3.8) is 0 Å². The highest BCUT2D eigenvalue weighted by Crippen LogP contribution is 2.42. The van der Waals surface area contributed by atoms with Gasteiger partial charge in [-0.3, -0.25) is 9.10 Å². The molecule has 0 aliphatic carbocycles. The van der Waals surface area contributed by atoms with Crippen LogP contribution in [0.4, 0.5) is 27.6 Å². The molecular weight excluding hydrogens is 619 g/mol. The van der Waals surface area contributed by atoms with Crippen molar-refractivity contribution in [2.75, 3.05) is 35.4 Å². The van der Waals surface area contributed by atoms with Crippen molar-refractivity contribution in [2.45, 2.75) is 30.0 Å². The predicted molar refractivity (Wildman–Crippen MR) is 147 cm³/mol. The summed E-state index contributed by atoms with van der Waals surface area (Å²) in [5, 5.41) is 0. The number of benzene rings is 3. The van der Waals surface area contributed by atoms with E-state index < -0.39 is 60.8 Å². The molecule has 8 nitrogen and oxygen atoms in total. The van der Waals surface area contributed by atoms with Crippen LogP contribution >= 0.6 is 0 Å². The molecule has 2 aliphatic heterocycles. The fraction of sp³-hybridized carbons (Fsp3) is 0.321. The summed E-state index contributed by atoms with van der Waals surface area (Å²) in [4.78, 5) is 13.5. The van der Waals surface area contributed by atoms with Crippen molar-refractivity contribution in [1.82, 2.24) is 4.90 Å². The summed E-state index contributed by atoms with van der Waals surface area (Å²) in [6.45, 7) is -0.335. The number of hydrogen-bond acceptors (Lipinski definition) is 6. The molecule has 43 heavy (non-hydrogen) atoms. The lowest BCUT2D eigenvalue weighted by Gasteiger charge is -2.36. The monoisotopic (exact) mass is 644 g/mol. The smallest absolute Gasteiger partial charge is 0.416 e. The van der Waals surface area contributed by atoms with E-state index in [1.807, 2.05) is 0 Å². The number of carbonyl (C=O) groups excluding carboxylic acids is 1. The Kier molecular flexibility index (Phi) is 8.15. The Morgan fingerprint density at radius 3 is 2.37 bits per heavy atom. The van der Waals surface area contributed by atoms with Gasteiger partial charge in [0, 0.05) is 25.1 Å². The summed E-state index contributed by atoms with van der Waals surface area (Å²) in [5.74, 6) is -2.98. The van der Waals surface area contributed by atoms with Gasteiger partial charge < -0.3 is 9.64 Å². The predicted octanol–water partition coefficient (Wildman–Crippen LogP) is 4.64. The van der Waals surface area contributed by atoms with Gasteiger partial charge in [0.05, 0.1) is 34.2 Å². The topological polar surface area (TPSA) is 101 Å². The van der Waals surface area contributed by atoms with Crippen molar-refractivity contribution in [2.24, 2.45) is 0 Å². The molecule has 0 unspecified atom stereocenters. The van der Waals surface area contributed by atoms with Gasteiger partial charge in [0.25, 0.3) is 10.0 Å². The first-order valence-electron chi connectivity index (χ1n) is 13.1. The number of fused-ring (bicyclic) bond motifs is 1. The molecule has 0 spiro atoms. The molecule has 0 saturated carbocycles. The van der Waals surface area contributed by atoms with Gasteiger partial charge >= 0.3 is 6.18 Å². The fourth-order valence-electron chi connectivity index (χ4n) is 4.95. The average molecular weight is 645 g/mol. The number of anilines is 1. The van der Waals surface area contributed by atoms with Gasteiger partial charge in [0.1, 0.15) is 11.9 Å². The number of halogens is 5. The van der Waals surface area contributed by atoms with Crippen molar-refractivity contribution in [3.8, 4) is 16.9 Å². The zero-order valence-corrected chi connectivity index (χ0v) is 24.0. The third-order valence-corrected chi connectivity index (χ3v) is 10.7. The van der Waals surface area contributed by atoms with Crippen molar-refractivity contribution >= 4 is 31.5 Å². The van der Waals surface area contributed by atoms with Gasteiger partial charge in [-0.05, 0) is 48.4 Å². The highest BCUT2D eigenvalue weighted by Gasteiger charge is 2.38. The highest BCUT2D eigenvalue weighted by atomic mass is 32.2. The van der Waals surface area contributed by atoms with E-state index in [0.29, 0.717) is 6.07 Å². The number of alkyl halides is 3. The van der Waals surface area contributed by atoms with Crippen LogP contribution in [0.5, 0.6) is 5.75 Å². The van der Waals surface area contributed by atoms with Crippen LogP contribution in [0.3, 0.4) is 0 Å². The van der Waals surface area contributed by atoms with Crippen LogP contribution in [0.1, 0.15) is 18.4 Å². The third kappa shape index (κ3) is 6.47. The van der Waals surface area contributed by atoms with E-state index in [-0.39, 0.29) is 65.9 Å². The van der Waals surface area contributed by atoms with Crippen LogP contribution in [-0.4, -0.2) is 64.9 Å². The largest absolute Gasteiger partial charge is 0.486 e. The maximum absolute atomic E-state index is 14.6. The molecule has 1 fully saturated rings. The van der Waals surface area contributed by atoms with Crippen LogP contribution in [0.25, 0.3) is 11.1 Å². The van der Waals surface area contributed by atoms with Gasteiger partial charge in [0.15, 0.2) is 21.5 Å². The molecular formula is C28H25F5N2O6S2. The van der Waals surface area contributed by atoms with Crippen LogP contribution in [0.2, 0.25) is 0 Å². The van der Waals surface area contributed by atoms with Crippen molar-refractivity contribution < 1.29 is 48.3 Å². The summed E-state index contributed by atoms with van der Waals surface area (Å²) in [6, 6.07) is 10.7. The number of hydrogen-bond donors (Lipinski definition) is 0. The lowest BCUT2D eigenvalue weighted by Crippen LogP contribution is -2.46. The quantitative estimate of drug-likeness (QED) is 0.363. The Hall–Kier alpha value is -3.72. The first kappa shape index (κ1) is 30.7. The molecule has 3 aromatic carbocycles. The maximum atomic E-state index is 14.6. The molecule has 2 aliphatic rings. The molecule has 3 aromatic rings. The Labute approximate surface area is 244 Å². The van der Waals surface area contributed by atoms with Gasteiger partial charge in [-0.2, -0.15) is 13.2 Å². The Bertz CT molecular complexity index is 1770. The van der Waals surface area contributed by atoms with E-state index in [1.54, 1.807) is 0 Å². The van der Waals surface area contributed by atoms with Crippen LogP contribution < -0.4 is 9.04 Å². The fourth-order valence-corrected chi connectivity index (χ4v) is 7.69. The van der Waals surface area contributed by atoms with E-state index in [1.165, 1.54) is 35.2 Å². The molecule has 2 heterocycles. The molecule has 0 N–H and O–H groups in total. The van der Waals surface area contributed by atoms with Crippen molar-refractivity contribution in [1.29, 1.82) is 0 Å². The summed E-state index contributed by atoms with van der Waals surface area (Å²) < 4.78 is 127. The molecule has 5 rings (SSSR count). The number of carbonyl (C=O) groups is 1. The number of rotatable bonds is 6. The second kappa shape index (κ2) is 11.4. The average Bonchev–Trinajstić information content (AvgIpc) is 2.96. The minimum absolute atomic E-state index is 0.00359. The van der Waals surface area contributed by atoms with Gasteiger partial charge in [-0.1, -0.05) is 24.3 Å². The molecule has 0 aromatic heterocycles. The minimum atomic E-state index is -4.81. The zero-order valence-electron chi connectivity index (χ0n) is 22.4. The van der Waals surface area contributed by atoms with Gasteiger partial charge in [-0.25, -0.2) is 25.6 Å². The number of nitrogens with zero attached hydrogens (tertiary/aromatic N) is 2. The Balaban J connectivity index is 1.48. The normalized spacial score (nSPS) is 18.6. The maximum Gasteiger partial charge on any atom is 0.416 e. The first-order valence-corrected chi connectivity index (χ1v) is 16.4. The number of sulfone groups is 1. The standard InChI is InChI=1S/C28H25F5N2O6S2/c29-23-6-2-5-22(27(23)30)18-7-9-25-24(15-18)35(43(39,40)21-4-1-3-19(16-21)28(31,32)33)17-20(41-25)8-10-26(36)34-11-13-42(37,38)14-12-34/h1-7,9,15-16,20H,8,10-14,17H2/t20-/m0/s1. The Morgan fingerprint density at radius 2 is 1.67 bits per heavy atom. The SMILES string of the molecule is O=C(CC[C@H]1CN(S(=O)(=O)c2cccc(C(F)(F)F)c2)c2cc(-c3cccc(F)c3F)ccc2O1)N1CCS(=O)(=O)CC1. The van der Waals surface area contributed by atoms with Gasteiger partial charge in [-0.15, -0.1) is 0 Å². The molecule has 0 bridgehead atoms. The van der Waals surface area contributed by atoms with E-state index in [2.05, 4.69) is 0 Å². The van der Waals surface area contributed by atoms with E-state index in [0.717, 1.165) is 28.6 Å². The lowest BCUT2D eigenvalue weighted by molar-refractivity contribution is -0.137. The molecule has 15 heteroatoms. The molecule has 230 valence electrons. The summed E-state index contributed by atoms with van der Waals surface area (Å²) in [6.07, 6.45) is -5.82. The van der Waals surface area contributed by atoms with Gasteiger partial charge in [0.2, 0.25) is 5.91 Å². The second-order valence-corrected chi connectivity index (χ2v) is 14.3. The van der Waals surface area contributed by atoms with E-state index in [9.17, 15) is 43.6 Å². The Morgan fingerprint density at radius 1 is 0.977 bits per heavy atom. The number of ether oxygens (including phenoxy) is 1. The summed E-state index contributed by atoms with van der Waals surface area (Å²) in [7, 11) is -7.87. The zero-order chi connectivity index (χ0) is 31.2. The molecule has 1 saturated heterocycles. The molecule has 0 radical (unpaired) electrons. The third-order valence-electron chi connectivity index (χ3n) is 7.28. The summed E-state index contributed by atoms with van der Waals surface area (Å²) >= 11 is 0. The van der Waals surface area contributed by atoms with Crippen LogP contribution in [-0.2, 0) is 30.8 Å². The lowest BCUT2D eigenvalue weighted by atomic mass is 10.0. The number of amides is 1. The van der Waals surface area contributed by atoms with Crippen molar-refractivity contribution in [3.05, 3.63) is 77.9 Å². The summed E-state index contributed by atoms with van der Waals surface area (Å²) in [5.41, 5.74) is -1.36. The first-order chi connectivity index (χ1) is 20.2. The molecule has 1 amide bonds. The minimum Gasteiger partial charge on any atom is -0.486 e.